The van der Waals surface area contributed by atoms with Crippen molar-refractivity contribution in [1.82, 2.24) is 0 Å². The predicted molar refractivity (Wildman–Crippen MR) is 120 cm³/mol. The first-order chi connectivity index (χ1) is 15.6. The van der Waals surface area contributed by atoms with Crippen LogP contribution < -0.4 is 14.9 Å². The minimum absolute atomic E-state index is 0.0132. The molecule has 180 valence electrons. The molecule has 33 heavy (non-hydrogen) atoms. The van der Waals surface area contributed by atoms with Crippen LogP contribution in [-0.4, -0.2) is 45.9 Å². The molecule has 2 aromatic rings. The van der Waals surface area contributed by atoms with Crippen LogP contribution >= 0.6 is 0 Å². The highest BCUT2D eigenvalue weighted by Gasteiger charge is 2.37. The number of carbonyl (C=O) groups is 1. The van der Waals surface area contributed by atoms with E-state index in [0.717, 1.165) is 34.3 Å². The van der Waals surface area contributed by atoms with Gasteiger partial charge in [-0.1, -0.05) is 13.3 Å². The minimum Gasteiger partial charge on any atom is -0.378 e. The van der Waals surface area contributed by atoms with Crippen molar-refractivity contribution in [1.29, 1.82) is 0 Å². The molecule has 1 aliphatic heterocycles. The number of amides is 1. The van der Waals surface area contributed by atoms with Gasteiger partial charge in [-0.15, -0.1) is 0 Å². The van der Waals surface area contributed by atoms with Gasteiger partial charge in [0, 0.05) is 18.8 Å². The van der Waals surface area contributed by atoms with Crippen molar-refractivity contribution < 1.29 is 31.1 Å². The second-order valence-corrected chi connectivity index (χ2v) is 9.61. The van der Waals surface area contributed by atoms with Crippen LogP contribution in [0.4, 0.5) is 30.2 Å². The summed E-state index contributed by atoms with van der Waals surface area (Å²) in [6, 6.07) is 10.3. The van der Waals surface area contributed by atoms with E-state index in [2.05, 4.69) is 4.90 Å². The smallest absolute Gasteiger partial charge is 0.378 e. The first-order valence-corrected chi connectivity index (χ1v) is 12.0. The van der Waals surface area contributed by atoms with Crippen molar-refractivity contribution in [3.63, 3.8) is 0 Å². The largest absolute Gasteiger partial charge is 0.416 e. The van der Waals surface area contributed by atoms with Crippen LogP contribution in [0.1, 0.15) is 25.3 Å². The molecule has 1 atom stereocenters. The van der Waals surface area contributed by atoms with E-state index in [1.165, 1.54) is 0 Å². The van der Waals surface area contributed by atoms with Crippen molar-refractivity contribution >= 4 is 33.0 Å². The summed E-state index contributed by atoms with van der Waals surface area (Å²) in [5.74, 6) is -1.02. The van der Waals surface area contributed by atoms with E-state index in [0.29, 0.717) is 32.7 Å². The van der Waals surface area contributed by atoms with Crippen molar-refractivity contribution in [3.8, 4) is 0 Å². The Morgan fingerprint density at radius 2 is 1.58 bits per heavy atom. The highest BCUT2D eigenvalue weighted by atomic mass is 32.2. The Labute approximate surface area is 191 Å². The third kappa shape index (κ3) is 5.59. The number of primary amides is 1. The van der Waals surface area contributed by atoms with E-state index in [-0.39, 0.29) is 17.8 Å². The summed E-state index contributed by atoms with van der Waals surface area (Å²) < 4.78 is 72.3. The van der Waals surface area contributed by atoms with E-state index in [1.807, 2.05) is 0 Å². The number of nitrogens with two attached hydrogens (primary N) is 1. The summed E-state index contributed by atoms with van der Waals surface area (Å²) in [5.41, 5.74) is 5.50. The Hall–Kier alpha value is -2.79. The van der Waals surface area contributed by atoms with Gasteiger partial charge in [0.2, 0.25) is 5.91 Å². The van der Waals surface area contributed by atoms with Gasteiger partial charge in [0.1, 0.15) is 0 Å². The molecule has 0 bridgehead atoms. The first kappa shape index (κ1) is 24.8. The normalized spacial score (nSPS) is 15.8. The number of benzene rings is 2. The van der Waals surface area contributed by atoms with E-state index in [4.69, 9.17) is 10.5 Å². The van der Waals surface area contributed by atoms with Crippen LogP contribution in [0.15, 0.2) is 48.5 Å². The number of anilines is 3. The molecule has 0 aliphatic carbocycles. The molecule has 0 aromatic heterocycles. The molecule has 1 heterocycles. The molecule has 2 N–H and O–H groups in total. The number of halogens is 3. The number of carbonyl (C=O) groups excluding carboxylic acids is 1. The molecule has 2 aromatic carbocycles. The van der Waals surface area contributed by atoms with Crippen LogP contribution in [0.5, 0.6) is 0 Å². The SMILES string of the molecule is CCCC(C(N)=O)S(=O)(=O)N(c1ccc(N2CCOCC2)cc1)c1ccc(C(F)(F)F)cc1. The molecule has 0 saturated carbocycles. The third-order valence-electron chi connectivity index (χ3n) is 5.37. The van der Waals surface area contributed by atoms with Crippen LogP contribution in [0.25, 0.3) is 0 Å². The van der Waals surface area contributed by atoms with Crippen molar-refractivity contribution in [3.05, 3.63) is 54.1 Å². The fourth-order valence-electron chi connectivity index (χ4n) is 3.68. The summed E-state index contributed by atoms with van der Waals surface area (Å²) in [4.78, 5) is 14.1. The molecule has 1 saturated heterocycles. The molecule has 1 fully saturated rings. The number of rotatable bonds is 8. The Kier molecular flexibility index (Phi) is 7.53. The van der Waals surface area contributed by atoms with Gasteiger partial charge in [0.25, 0.3) is 10.0 Å². The first-order valence-electron chi connectivity index (χ1n) is 10.5. The summed E-state index contributed by atoms with van der Waals surface area (Å²) in [6.07, 6.45) is -4.20. The van der Waals surface area contributed by atoms with Gasteiger partial charge in [-0.05, 0) is 55.0 Å². The molecule has 1 amide bonds. The monoisotopic (exact) mass is 485 g/mol. The molecular formula is C22H26F3N3O4S. The zero-order valence-electron chi connectivity index (χ0n) is 18.1. The predicted octanol–water partition coefficient (Wildman–Crippen LogP) is 3.66. The van der Waals surface area contributed by atoms with Crippen molar-refractivity contribution in [2.24, 2.45) is 5.73 Å². The maximum Gasteiger partial charge on any atom is 0.416 e. The fraction of sp³-hybridized carbons (Fsp3) is 0.409. The molecular weight excluding hydrogens is 459 g/mol. The summed E-state index contributed by atoms with van der Waals surface area (Å²) >= 11 is 0. The number of ether oxygens (including phenoxy) is 1. The van der Waals surface area contributed by atoms with Crippen LogP contribution in [-0.2, 0) is 25.7 Å². The minimum atomic E-state index is -4.57. The fourth-order valence-corrected chi connectivity index (χ4v) is 5.59. The van der Waals surface area contributed by atoms with Gasteiger partial charge in [-0.2, -0.15) is 13.2 Å². The van der Waals surface area contributed by atoms with Gasteiger partial charge in [-0.25, -0.2) is 12.7 Å². The average molecular weight is 486 g/mol. The number of hydrogen-bond donors (Lipinski definition) is 1. The van der Waals surface area contributed by atoms with Gasteiger partial charge in [0.15, 0.2) is 5.25 Å². The molecule has 1 aliphatic rings. The van der Waals surface area contributed by atoms with Crippen LogP contribution in [0, 0.1) is 0 Å². The van der Waals surface area contributed by atoms with E-state index in [9.17, 15) is 26.4 Å². The molecule has 0 radical (unpaired) electrons. The lowest BCUT2D eigenvalue weighted by Crippen LogP contribution is -2.43. The van der Waals surface area contributed by atoms with Crippen LogP contribution in [0.2, 0.25) is 0 Å². The Bertz CT molecular complexity index is 1050. The lowest BCUT2D eigenvalue weighted by molar-refractivity contribution is -0.137. The number of nitrogens with zero attached hydrogens (tertiary/aromatic N) is 2. The summed E-state index contributed by atoms with van der Waals surface area (Å²) in [5, 5.41) is -1.52. The highest BCUT2D eigenvalue weighted by molar-refractivity contribution is 7.94. The topological polar surface area (TPSA) is 92.9 Å². The number of morpholine rings is 1. The molecule has 7 nitrogen and oxygen atoms in total. The van der Waals surface area contributed by atoms with Gasteiger partial charge in [0.05, 0.1) is 30.2 Å². The van der Waals surface area contributed by atoms with E-state index in [1.54, 1.807) is 31.2 Å². The van der Waals surface area contributed by atoms with Crippen molar-refractivity contribution in [2.45, 2.75) is 31.2 Å². The highest BCUT2D eigenvalue weighted by Crippen LogP contribution is 2.36. The van der Waals surface area contributed by atoms with Gasteiger partial charge in [-0.3, -0.25) is 4.79 Å². The van der Waals surface area contributed by atoms with Crippen LogP contribution in [0.3, 0.4) is 0 Å². The number of sulfonamides is 1. The molecule has 3 rings (SSSR count). The van der Waals surface area contributed by atoms with E-state index < -0.39 is 32.9 Å². The lowest BCUT2D eigenvalue weighted by Gasteiger charge is -2.31. The Morgan fingerprint density at radius 1 is 1.06 bits per heavy atom. The van der Waals surface area contributed by atoms with Crippen molar-refractivity contribution in [2.75, 3.05) is 35.5 Å². The molecule has 0 spiro atoms. The average Bonchev–Trinajstić information content (AvgIpc) is 2.78. The maximum atomic E-state index is 13.5. The van der Waals surface area contributed by atoms with Gasteiger partial charge < -0.3 is 15.4 Å². The summed E-state index contributed by atoms with van der Waals surface area (Å²) in [6.45, 7) is 4.22. The Balaban J connectivity index is 2.06. The maximum absolute atomic E-state index is 13.5. The number of hydrogen-bond acceptors (Lipinski definition) is 5. The zero-order chi connectivity index (χ0) is 24.2. The molecule has 1 unspecified atom stereocenters. The number of alkyl halides is 3. The zero-order valence-corrected chi connectivity index (χ0v) is 18.9. The lowest BCUT2D eigenvalue weighted by atomic mass is 10.2. The standard InChI is InChI=1S/C22H26F3N3O4S/c1-2-3-20(21(26)29)33(30,31)28(18-6-4-16(5-7-18)22(23,24)25)19-10-8-17(9-11-19)27-12-14-32-15-13-27/h4-11,20H,2-3,12-15H2,1H3,(H2,26,29). The third-order valence-corrected chi connectivity index (χ3v) is 7.49. The molecule has 11 heteroatoms. The second-order valence-electron chi connectivity index (χ2n) is 7.65. The quantitative estimate of drug-likeness (QED) is 0.616. The van der Waals surface area contributed by atoms with E-state index >= 15 is 0 Å². The van der Waals surface area contributed by atoms with Gasteiger partial charge >= 0.3 is 6.18 Å². The Morgan fingerprint density at radius 3 is 2.03 bits per heavy atom. The summed E-state index contributed by atoms with van der Waals surface area (Å²) in [7, 11) is -4.37. The second kappa shape index (κ2) is 10.0.